The molecule has 0 N–H and O–H groups in total. The first-order chi connectivity index (χ1) is 10.6. The predicted molar refractivity (Wildman–Crippen MR) is 86.8 cm³/mol. The molecule has 0 aliphatic carbocycles. The van der Waals surface area contributed by atoms with Crippen LogP contribution in [0.3, 0.4) is 0 Å². The predicted octanol–water partition coefficient (Wildman–Crippen LogP) is 1.82. The number of carbonyl (C=O) groups is 1. The van der Waals surface area contributed by atoms with Crippen molar-refractivity contribution in [3.8, 4) is 11.5 Å². The highest BCUT2D eigenvalue weighted by Gasteiger charge is 2.26. The zero-order chi connectivity index (χ0) is 16.1. The molecule has 0 atom stereocenters. The summed E-state index contributed by atoms with van der Waals surface area (Å²) in [6, 6.07) is 3.64. The molecular weight excluding hydrogens is 280 g/mol. The zero-order valence-electron chi connectivity index (χ0n) is 13.6. The summed E-state index contributed by atoms with van der Waals surface area (Å²) >= 11 is 0. The number of hydrogen-bond donors (Lipinski definition) is 0. The molecule has 1 heterocycles. The summed E-state index contributed by atoms with van der Waals surface area (Å²) in [6.07, 6.45) is 2.39. The van der Waals surface area contributed by atoms with Gasteiger partial charge < -0.3 is 19.3 Å². The largest absolute Gasteiger partial charge is 0.497 e. The molecule has 22 heavy (non-hydrogen) atoms. The van der Waals surface area contributed by atoms with Crippen LogP contribution in [0.1, 0.15) is 15.9 Å². The van der Waals surface area contributed by atoms with Crippen LogP contribution in [0.2, 0.25) is 0 Å². The van der Waals surface area contributed by atoms with E-state index in [-0.39, 0.29) is 5.91 Å². The van der Waals surface area contributed by atoms with Crippen molar-refractivity contribution in [2.45, 2.75) is 6.42 Å². The summed E-state index contributed by atoms with van der Waals surface area (Å²) in [5.41, 5.74) is 1.50. The van der Waals surface area contributed by atoms with Crippen LogP contribution < -0.4 is 9.47 Å². The third-order valence-corrected chi connectivity index (χ3v) is 3.98. The molecular formula is C17H24N2O3. The van der Waals surface area contributed by atoms with Gasteiger partial charge in [-0.15, -0.1) is 6.58 Å². The molecule has 1 aliphatic heterocycles. The molecule has 0 saturated carbocycles. The fourth-order valence-electron chi connectivity index (χ4n) is 2.65. The van der Waals surface area contributed by atoms with E-state index in [9.17, 15) is 4.79 Å². The fraction of sp³-hybridized carbons (Fsp3) is 0.471. The first kappa shape index (κ1) is 16.4. The van der Waals surface area contributed by atoms with E-state index in [4.69, 9.17) is 9.47 Å². The number of allylic oxidation sites excluding steroid dienone is 1. The van der Waals surface area contributed by atoms with Crippen LogP contribution in [-0.4, -0.2) is 63.2 Å². The minimum atomic E-state index is 0.0180. The number of nitrogens with zero attached hydrogens (tertiary/aromatic N) is 2. The Hall–Kier alpha value is -2.01. The molecule has 0 radical (unpaired) electrons. The Labute approximate surface area is 132 Å². The first-order valence-corrected chi connectivity index (χ1v) is 7.44. The molecule has 0 aromatic heterocycles. The van der Waals surface area contributed by atoms with Crippen LogP contribution in [0, 0.1) is 0 Å². The summed E-state index contributed by atoms with van der Waals surface area (Å²) in [4.78, 5) is 17.0. The van der Waals surface area contributed by atoms with Gasteiger partial charge in [-0.3, -0.25) is 4.79 Å². The number of benzene rings is 1. The minimum absolute atomic E-state index is 0.0180. The van der Waals surface area contributed by atoms with Gasteiger partial charge in [0.05, 0.1) is 19.8 Å². The monoisotopic (exact) mass is 304 g/mol. The van der Waals surface area contributed by atoms with E-state index in [0.717, 1.165) is 31.7 Å². The summed E-state index contributed by atoms with van der Waals surface area (Å²) in [5.74, 6) is 1.26. The number of ether oxygens (including phenoxy) is 2. The van der Waals surface area contributed by atoms with E-state index in [1.54, 1.807) is 26.4 Å². The smallest absolute Gasteiger partial charge is 0.258 e. The lowest BCUT2D eigenvalue weighted by Crippen LogP contribution is -2.47. The number of likely N-dealkylation sites (N-methyl/N-ethyl adjacent to an activating group) is 1. The van der Waals surface area contributed by atoms with Crippen molar-refractivity contribution in [1.82, 2.24) is 9.80 Å². The van der Waals surface area contributed by atoms with E-state index in [1.807, 2.05) is 11.0 Å². The second-order valence-corrected chi connectivity index (χ2v) is 5.45. The third kappa shape index (κ3) is 3.42. The van der Waals surface area contributed by atoms with Gasteiger partial charge in [-0.2, -0.15) is 0 Å². The van der Waals surface area contributed by atoms with Crippen LogP contribution >= 0.6 is 0 Å². The Balaban J connectivity index is 2.38. The Kier molecular flexibility index (Phi) is 5.44. The van der Waals surface area contributed by atoms with Crippen molar-refractivity contribution in [2.75, 3.05) is 47.4 Å². The average Bonchev–Trinajstić information content (AvgIpc) is 2.54. The van der Waals surface area contributed by atoms with Gasteiger partial charge in [-0.1, -0.05) is 6.08 Å². The second-order valence-electron chi connectivity index (χ2n) is 5.45. The quantitative estimate of drug-likeness (QED) is 0.778. The van der Waals surface area contributed by atoms with E-state index in [0.29, 0.717) is 23.5 Å². The number of amides is 1. The van der Waals surface area contributed by atoms with Crippen molar-refractivity contribution in [2.24, 2.45) is 0 Å². The van der Waals surface area contributed by atoms with Gasteiger partial charge in [0.25, 0.3) is 5.91 Å². The maximum absolute atomic E-state index is 12.9. The molecule has 0 bridgehead atoms. The van der Waals surface area contributed by atoms with Crippen LogP contribution in [0.5, 0.6) is 11.5 Å². The van der Waals surface area contributed by atoms with Crippen LogP contribution in [0.4, 0.5) is 0 Å². The van der Waals surface area contributed by atoms with Gasteiger partial charge in [0, 0.05) is 32.2 Å². The number of carbonyl (C=O) groups excluding carboxylic acids is 1. The normalized spacial score (nSPS) is 15.5. The molecule has 1 fully saturated rings. The van der Waals surface area contributed by atoms with Crippen molar-refractivity contribution in [3.63, 3.8) is 0 Å². The zero-order valence-corrected chi connectivity index (χ0v) is 13.6. The molecule has 5 heteroatoms. The Bertz CT molecular complexity index is 549. The van der Waals surface area contributed by atoms with Gasteiger partial charge >= 0.3 is 0 Å². The molecule has 2 rings (SSSR count). The van der Waals surface area contributed by atoms with Gasteiger partial charge in [0.1, 0.15) is 11.5 Å². The van der Waals surface area contributed by atoms with Crippen molar-refractivity contribution in [1.29, 1.82) is 0 Å². The van der Waals surface area contributed by atoms with E-state index >= 15 is 0 Å². The maximum atomic E-state index is 12.9. The molecule has 0 unspecified atom stereocenters. The standard InChI is InChI=1S/C17H24N2O3/c1-5-6-13-11-14(21-3)12-15(22-4)16(13)17(20)19-9-7-18(2)8-10-19/h5,11-12H,1,6-10H2,2-4H3. The Morgan fingerprint density at radius 1 is 1.23 bits per heavy atom. The lowest BCUT2D eigenvalue weighted by molar-refractivity contribution is 0.0660. The fourth-order valence-corrected chi connectivity index (χ4v) is 2.65. The third-order valence-electron chi connectivity index (χ3n) is 3.98. The van der Waals surface area contributed by atoms with Crippen molar-refractivity contribution in [3.05, 3.63) is 35.9 Å². The van der Waals surface area contributed by atoms with Gasteiger partial charge in [0.2, 0.25) is 0 Å². The molecule has 1 aliphatic rings. The summed E-state index contributed by atoms with van der Waals surface area (Å²) in [7, 11) is 5.25. The molecule has 1 aromatic carbocycles. The highest BCUT2D eigenvalue weighted by atomic mass is 16.5. The summed E-state index contributed by atoms with van der Waals surface area (Å²) in [5, 5.41) is 0. The molecule has 0 spiro atoms. The lowest BCUT2D eigenvalue weighted by Gasteiger charge is -2.33. The van der Waals surface area contributed by atoms with Crippen LogP contribution in [-0.2, 0) is 6.42 Å². The Morgan fingerprint density at radius 2 is 1.91 bits per heavy atom. The average molecular weight is 304 g/mol. The van der Waals surface area contributed by atoms with Crippen LogP contribution in [0.25, 0.3) is 0 Å². The van der Waals surface area contributed by atoms with Crippen molar-refractivity contribution >= 4 is 5.91 Å². The Morgan fingerprint density at radius 3 is 2.45 bits per heavy atom. The number of hydrogen-bond acceptors (Lipinski definition) is 4. The number of methoxy groups -OCH3 is 2. The molecule has 1 amide bonds. The highest BCUT2D eigenvalue weighted by Crippen LogP contribution is 2.30. The lowest BCUT2D eigenvalue weighted by atomic mass is 10.0. The maximum Gasteiger partial charge on any atom is 0.258 e. The number of piperazine rings is 1. The molecule has 1 saturated heterocycles. The van der Waals surface area contributed by atoms with Gasteiger partial charge in [0.15, 0.2) is 0 Å². The van der Waals surface area contributed by atoms with E-state index in [1.165, 1.54) is 0 Å². The van der Waals surface area contributed by atoms with Gasteiger partial charge in [-0.05, 0) is 25.1 Å². The minimum Gasteiger partial charge on any atom is -0.497 e. The van der Waals surface area contributed by atoms with Crippen LogP contribution in [0.15, 0.2) is 24.8 Å². The van der Waals surface area contributed by atoms with Crippen molar-refractivity contribution < 1.29 is 14.3 Å². The van der Waals surface area contributed by atoms with E-state index in [2.05, 4.69) is 18.5 Å². The molecule has 120 valence electrons. The summed E-state index contributed by atoms with van der Waals surface area (Å²) in [6.45, 7) is 7.02. The SMILES string of the molecule is C=CCc1cc(OC)cc(OC)c1C(=O)N1CCN(C)CC1. The number of rotatable bonds is 5. The van der Waals surface area contributed by atoms with E-state index < -0.39 is 0 Å². The first-order valence-electron chi connectivity index (χ1n) is 7.44. The molecule has 5 nitrogen and oxygen atoms in total. The second kappa shape index (κ2) is 7.31. The topological polar surface area (TPSA) is 42.0 Å². The summed E-state index contributed by atoms with van der Waals surface area (Å²) < 4.78 is 10.7. The van der Waals surface area contributed by atoms with Gasteiger partial charge in [-0.25, -0.2) is 0 Å². The molecule has 1 aromatic rings. The highest BCUT2D eigenvalue weighted by molar-refractivity contribution is 5.99.